The second-order valence-electron chi connectivity index (χ2n) is 4.71. The van der Waals surface area contributed by atoms with Crippen LogP contribution in [0.3, 0.4) is 0 Å². The lowest BCUT2D eigenvalue weighted by Gasteiger charge is -2.26. The molecule has 4 heteroatoms. The van der Waals surface area contributed by atoms with Crippen LogP contribution in [0, 0.1) is 0 Å². The Bertz CT molecular complexity index is 608. The van der Waals surface area contributed by atoms with Crippen molar-refractivity contribution in [2.45, 2.75) is 12.3 Å². The van der Waals surface area contributed by atoms with Crippen LogP contribution in [-0.2, 0) is 6.42 Å². The largest absolute Gasteiger partial charge is 0.508 e. The molecule has 0 spiro atoms. The molecular weight excluding hydrogens is 264 g/mol. The lowest BCUT2D eigenvalue weighted by atomic mass is 9.90. The van der Waals surface area contributed by atoms with Gasteiger partial charge in [-0.15, -0.1) is 0 Å². The average molecular weight is 277 g/mol. The molecule has 98 valence electrons. The maximum atomic E-state index is 9.55. The van der Waals surface area contributed by atoms with Gasteiger partial charge >= 0.3 is 0 Å². The van der Waals surface area contributed by atoms with Gasteiger partial charge in [-0.1, -0.05) is 23.7 Å². The molecule has 1 atom stereocenters. The molecule has 0 aromatic heterocycles. The fourth-order valence-electron chi connectivity index (χ4n) is 2.35. The molecule has 1 aliphatic heterocycles. The van der Waals surface area contributed by atoms with E-state index in [0.29, 0.717) is 17.4 Å². The number of halogens is 1. The van der Waals surface area contributed by atoms with E-state index in [9.17, 15) is 10.2 Å². The molecule has 0 amide bonds. The summed E-state index contributed by atoms with van der Waals surface area (Å²) in [4.78, 5) is 0. The average Bonchev–Trinajstić information content (AvgIpc) is 2.40. The van der Waals surface area contributed by atoms with Crippen LogP contribution in [0.25, 0.3) is 0 Å². The highest BCUT2D eigenvalue weighted by molar-refractivity contribution is 6.32. The Morgan fingerprint density at radius 1 is 1.11 bits per heavy atom. The highest BCUT2D eigenvalue weighted by Crippen LogP contribution is 2.38. The third-order valence-electron chi connectivity index (χ3n) is 3.40. The molecule has 0 bridgehead atoms. The summed E-state index contributed by atoms with van der Waals surface area (Å²) >= 11 is 5.92. The molecule has 2 N–H and O–H groups in total. The zero-order chi connectivity index (χ0) is 13.4. The van der Waals surface area contributed by atoms with Gasteiger partial charge in [-0.05, 0) is 35.7 Å². The van der Waals surface area contributed by atoms with Crippen molar-refractivity contribution in [3.63, 3.8) is 0 Å². The number of ether oxygens (including phenoxy) is 1. The molecule has 1 aliphatic rings. The SMILES string of the molecule is Oc1ccc(C2COc3cc(O)c(Cl)cc3C2)cc1. The van der Waals surface area contributed by atoms with Gasteiger partial charge in [0.25, 0.3) is 0 Å². The standard InChI is InChI=1S/C15H13ClO3/c16-13-6-10-5-11(8-19-15(10)7-14(13)18)9-1-3-12(17)4-2-9/h1-4,6-7,11,17-18H,5,8H2. The van der Waals surface area contributed by atoms with Gasteiger partial charge in [-0.25, -0.2) is 0 Å². The smallest absolute Gasteiger partial charge is 0.137 e. The Morgan fingerprint density at radius 3 is 2.58 bits per heavy atom. The second-order valence-corrected chi connectivity index (χ2v) is 5.12. The number of hydrogen-bond acceptors (Lipinski definition) is 3. The minimum Gasteiger partial charge on any atom is -0.508 e. The van der Waals surface area contributed by atoms with Crippen molar-refractivity contribution in [2.75, 3.05) is 6.61 Å². The van der Waals surface area contributed by atoms with E-state index in [1.54, 1.807) is 24.3 Å². The Morgan fingerprint density at radius 2 is 1.84 bits per heavy atom. The second kappa shape index (κ2) is 4.67. The molecule has 3 rings (SSSR count). The van der Waals surface area contributed by atoms with Gasteiger partial charge < -0.3 is 14.9 Å². The highest BCUT2D eigenvalue weighted by atomic mass is 35.5. The van der Waals surface area contributed by atoms with Crippen molar-refractivity contribution in [3.05, 3.63) is 52.5 Å². The summed E-state index contributed by atoms with van der Waals surface area (Å²) in [5.74, 6) is 1.22. The zero-order valence-electron chi connectivity index (χ0n) is 10.1. The van der Waals surface area contributed by atoms with E-state index >= 15 is 0 Å². The van der Waals surface area contributed by atoms with E-state index in [1.807, 2.05) is 12.1 Å². The number of aromatic hydroxyl groups is 2. The van der Waals surface area contributed by atoms with Crippen molar-refractivity contribution >= 4 is 11.6 Å². The fourth-order valence-corrected chi connectivity index (χ4v) is 2.54. The van der Waals surface area contributed by atoms with Gasteiger partial charge in [0.1, 0.15) is 17.2 Å². The maximum absolute atomic E-state index is 9.55. The molecule has 0 saturated heterocycles. The summed E-state index contributed by atoms with van der Waals surface area (Å²) < 4.78 is 5.68. The van der Waals surface area contributed by atoms with E-state index < -0.39 is 0 Å². The molecule has 0 aliphatic carbocycles. The van der Waals surface area contributed by atoms with Crippen LogP contribution < -0.4 is 4.74 Å². The van der Waals surface area contributed by atoms with E-state index in [0.717, 1.165) is 17.5 Å². The summed E-state index contributed by atoms with van der Waals surface area (Å²) in [6.07, 6.45) is 0.806. The van der Waals surface area contributed by atoms with Crippen molar-refractivity contribution in [1.82, 2.24) is 0 Å². The molecule has 19 heavy (non-hydrogen) atoms. The molecule has 2 aromatic rings. The predicted octanol–water partition coefficient (Wildman–Crippen LogP) is 3.47. The Kier molecular flexibility index (Phi) is 2.99. The van der Waals surface area contributed by atoms with Crippen LogP contribution in [0.15, 0.2) is 36.4 Å². The van der Waals surface area contributed by atoms with Crippen LogP contribution in [0.1, 0.15) is 17.0 Å². The topological polar surface area (TPSA) is 49.7 Å². The first-order chi connectivity index (χ1) is 9.13. The number of phenolic OH excluding ortho intramolecular Hbond substituents is 2. The third kappa shape index (κ3) is 2.34. The van der Waals surface area contributed by atoms with E-state index in [1.165, 1.54) is 0 Å². The molecule has 2 aromatic carbocycles. The van der Waals surface area contributed by atoms with E-state index in [2.05, 4.69) is 0 Å². The third-order valence-corrected chi connectivity index (χ3v) is 3.70. The fraction of sp³-hybridized carbons (Fsp3) is 0.200. The van der Waals surface area contributed by atoms with Gasteiger partial charge in [0, 0.05) is 12.0 Å². The van der Waals surface area contributed by atoms with Crippen molar-refractivity contribution < 1.29 is 14.9 Å². The molecule has 3 nitrogen and oxygen atoms in total. The van der Waals surface area contributed by atoms with E-state index in [-0.39, 0.29) is 17.4 Å². The molecular formula is C15H13ClO3. The number of benzene rings is 2. The lowest BCUT2D eigenvalue weighted by Crippen LogP contribution is -2.19. The van der Waals surface area contributed by atoms with Gasteiger partial charge in [0.15, 0.2) is 0 Å². The quantitative estimate of drug-likeness (QED) is 0.838. The van der Waals surface area contributed by atoms with Gasteiger partial charge in [-0.3, -0.25) is 0 Å². The van der Waals surface area contributed by atoms with Crippen molar-refractivity contribution in [3.8, 4) is 17.2 Å². The number of rotatable bonds is 1. The van der Waals surface area contributed by atoms with Crippen LogP contribution in [0.2, 0.25) is 5.02 Å². The lowest BCUT2D eigenvalue weighted by molar-refractivity contribution is 0.261. The monoisotopic (exact) mass is 276 g/mol. The Balaban J connectivity index is 1.89. The maximum Gasteiger partial charge on any atom is 0.137 e. The molecule has 0 saturated carbocycles. The minimum absolute atomic E-state index is 0.0449. The van der Waals surface area contributed by atoms with E-state index in [4.69, 9.17) is 16.3 Å². The van der Waals surface area contributed by atoms with Crippen LogP contribution in [0.4, 0.5) is 0 Å². The van der Waals surface area contributed by atoms with Crippen molar-refractivity contribution in [2.24, 2.45) is 0 Å². The number of hydrogen-bond donors (Lipinski definition) is 2. The van der Waals surface area contributed by atoms with Crippen LogP contribution >= 0.6 is 11.6 Å². The first-order valence-corrected chi connectivity index (χ1v) is 6.44. The van der Waals surface area contributed by atoms with Crippen LogP contribution in [0.5, 0.6) is 17.2 Å². The zero-order valence-corrected chi connectivity index (χ0v) is 10.9. The van der Waals surface area contributed by atoms with Gasteiger partial charge in [0.2, 0.25) is 0 Å². The van der Waals surface area contributed by atoms with Gasteiger partial charge in [0.05, 0.1) is 11.6 Å². The molecule has 0 radical (unpaired) electrons. The highest BCUT2D eigenvalue weighted by Gasteiger charge is 2.22. The normalized spacial score (nSPS) is 17.6. The summed E-state index contributed by atoms with van der Waals surface area (Å²) in [5.41, 5.74) is 2.11. The molecule has 0 fully saturated rings. The first-order valence-electron chi connectivity index (χ1n) is 6.06. The summed E-state index contributed by atoms with van der Waals surface area (Å²) in [6, 6.07) is 10.5. The number of fused-ring (bicyclic) bond motifs is 1. The summed E-state index contributed by atoms with van der Waals surface area (Å²) in [7, 11) is 0. The number of phenols is 2. The minimum atomic E-state index is 0.0449. The van der Waals surface area contributed by atoms with Gasteiger partial charge in [-0.2, -0.15) is 0 Å². The Labute approximate surface area is 116 Å². The van der Waals surface area contributed by atoms with Crippen LogP contribution in [-0.4, -0.2) is 16.8 Å². The Hall–Kier alpha value is -1.87. The summed E-state index contributed by atoms with van der Waals surface area (Å²) in [5, 5.41) is 19.2. The predicted molar refractivity (Wildman–Crippen MR) is 73.2 cm³/mol. The molecule has 1 unspecified atom stereocenters. The molecule has 1 heterocycles. The van der Waals surface area contributed by atoms with Crippen molar-refractivity contribution in [1.29, 1.82) is 0 Å². The summed E-state index contributed by atoms with van der Waals surface area (Å²) in [6.45, 7) is 0.554. The first kappa shape index (κ1) is 12.2.